The molecule has 0 fully saturated rings. The van der Waals surface area contributed by atoms with E-state index in [1.54, 1.807) is 11.3 Å². The van der Waals surface area contributed by atoms with Gasteiger partial charge in [0.25, 0.3) is 0 Å². The number of hydrogen-bond donors (Lipinski definition) is 2. The molecule has 2 N–H and O–H groups in total. The van der Waals surface area contributed by atoms with Crippen molar-refractivity contribution in [2.75, 3.05) is 6.54 Å². The van der Waals surface area contributed by atoms with Crippen molar-refractivity contribution in [2.24, 2.45) is 0 Å². The average Bonchev–Trinajstić information content (AvgIpc) is 2.75. The molecule has 5 heteroatoms. The van der Waals surface area contributed by atoms with Gasteiger partial charge in [0.05, 0.1) is 6.10 Å². The Morgan fingerprint density at radius 2 is 2.06 bits per heavy atom. The Kier molecular flexibility index (Phi) is 5.38. The van der Waals surface area contributed by atoms with E-state index in [1.807, 2.05) is 24.3 Å². The minimum atomic E-state index is -0.481. The lowest BCUT2D eigenvalue weighted by atomic mass is 10.1. The molecule has 2 rings (SSSR count). The van der Waals surface area contributed by atoms with E-state index in [-0.39, 0.29) is 0 Å². The Hall–Kier alpha value is -0.200. The summed E-state index contributed by atoms with van der Waals surface area (Å²) >= 11 is 8.53. The molecule has 1 aromatic heterocycles. The monoisotopic (exact) mass is 389 g/mol. The van der Waals surface area contributed by atoms with Gasteiger partial charge < -0.3 is 10.4 Å². The number of hydrogen-bond acceptors (Lipinski definition) is 3. The fourth-order valence-corrected chi connectivity index (χ4v) is 3.45. The molecule has 1 atom stereocenters. The fraction of sp³-hybridized carbons (Fsp3) is 0.231. The van der Waals surface area contributed by atoms with Gasteiger partial charge in [-0.15, -0.1) is 11.3 Å². The normalized spacial score (nSPS) is 12.6. The van der Waals surface area contributed by atoms with E-state index in [1.165, 1.54) is 4.88 Å². The molecule has 0 amide bonds. The van der Waals surface area contributed by atoms with Crippen LogP contribution in [0.5, 0.6) is 0 Å². The van der Waals surface area contributed by atoms with Crippen LogP contribution in [0.15, 0.2) is 44.7 Å². The van der Waals surface area contributed by atoms with Crippen LogP contribution in [0.3, 0.4) is 0 Å². The summed E-state index contributed by atoms with van der Waals surface area (Å²) < 4.78 is 2.10. The average molecular weight is 391 g/mol. The number of rotatable bonds is 5. The Morgan fingerprint density at radius 1 is 1.22 bits per heavy atom. The number of halogens is 2. The lowest BCUT2D eigenvalue weighted by Crippen LogP contribution is -2.20. The highest BCUT2D eigenvalue weighted by Crippen LogP contribution is 2.20. The topological polar surface area (TPSA) is 32.3 Å². The van der Waals surface area contributed by atoms with Crippen molar-refractivity contribution in [3.63, 3.8) is 0 Å². The van der Waals surface area contributed by atoms with Crippen molar-refractivity contribution in [1.29, 1.82) is 0 Å². The fourth-order valence-electron chi connectivity index (χ4n) is 1.61. The second-order valence-electron chi connectivity index (χ2n) is 3.93. The second-order valence-corrected chi connectivity index (χ2v) is 6.76. The summed E-state index contributed by atoms with van der Waals surface area (Å²) in [5.74, 6) is 0. The van der Waals surface area contributed by atoms with E-state index in [9.17, 15) is 5.11 Å². The highest BCUT2D eigenvalue weighted by Gasteiger charge is 2.07. The highest BCUT2D eigenvalue weighted by atomic mass is 79.9. The summed E-state index contributed by atoms with van der Waals surface area (Å²) in [6.07, 6.45) is -0.481. The van der Waals surface area contributed by atoms with Crippen LogP contribution in [0.2, 0.25) is 0 Å². The molecule has 96 valence electrons. The van der Waals surface area contributed by atoms with E-state index in [0.717, 1.165) is 21.1 Å². The number of aliphatic hydroxyl groups excluding tert-OH is 1. The van der Waals surface area contributed by atoms with E-state index in [2.05, 4.69) is 48.6 Å². The maximum atomic E-state index is 10.0. The lowest BCUT2D eigenvalue weighted by molar-refractivity contribution is 0.174. The van der Waals surface area contributed by atoms with Gasteiger partial charge in [-0.25, -0.2) is 0 Å². The third-order valence-corrected chi connectivity index (χ3v) is 4.68. The molecule has 0 saturated carbocycles. The Balaban J connectivity index is 1.83. The quantitative estimate of drug-likeness (QED) is 0.805. The van der Waals surface area contributed by atoms with Crippen molar-refractivity contribution < 1.29 is 5.11 Å². The largest absolute Gasteiger partial charge is 0.387 e. The molecular weight excluding hydrogens is 378 g/mol. The van der Waals surface area contributed by atoms with Gasteiger partial charge in [0, 0.05) is 32.3 Å². The zero-order chi connectivity index (χ0) is 13.0. The molecule has 0 radical (unpaired) electrons. The second kappa shape index (κ2) is 6.82. The van der Waals surface area contributed by atoms with Crippen LogP contribution >= 0.6 is 43.2 Å². The maximum Gasteiger partial charge on any atom is 0.0914 e. The van der Waals surface area contributed by atoms with Crippen LogP contribution in [-0.2, 0) is 6.54 Å². The predicted octanol–water partition coefficient (Wildman–Crippen LogP) is 4.10. The summed E-state index contributed by atoms with van der Waals surface area (Å²) in [5, 5.41) is 15.4. The minimum absolute atomic E-state index is 0.481. The maximum absolute atomic E-state index is 10.0. The van der Waals surface area contributed by atoms with Crippen molar-refractivity contribution in [1.82, 2.24) is 5.32 Å². The smallest absolute Gasteiger partial charge is 0.0914 e. The molecule has 0 aliphatic carbocycles. The van der Waals surface area contributed by atoms with Crippen LogP contribution in [0.4, 0.5) is 0 Å². The van der Waals surface area contributed by atoms with Gasteiger partial charge in [0.1, 0.15) is 0 Å². The van der Waals surface area contributed by atoms with E-state index in [0.29, 0.717) is 6.54 Å². The van der Waals surface area contributed by atoms with Crippen LogP contribution in [-0.4, -0.2) is 11.7 Å². The Bertz CT molecular complexity index is 515. The summed E-state index contributed by atoms with van der Waals surface area (Å²) in [5.41, 5.74) is 0.921. The zero-order valence-corrected chi connectivity index (χ0v) is 13.6. The van der Waals surface area contributed by atoms with Crippen molar-refractivity contribution in [3.8, 4) is 0 Å². The lowest BCUT2D eigenvalue weighted by Gasteiger charge is -2.12. The third kappa shape index (κ3) is 4.17. The summed E-state index contributed by atoms with van der Waals surface area (Å²) in [6, 6.07) is 9.84. The molecule has 0 aliphatic heterocycles. The molecule has 1 unspecified atom stereocenters. The van der Waals surface area contributed by atoms with Gasteiger partial charge in [-0.2, -0.15) is 0 Å². The van der Waals surface area contributed by atoms with Crippen LogP contribution < -0.4 is 5.32 Å². The van der Waals surface area contributed by atoms with Gasteiger partial charge in [-0.3, -0.25) is 0 Å². The van der Waals surface area contributed by atoms with Crippen LogP contribution in [0.1, 0.15) is 16.5 Å². The minimum Gasteiger partial charge on any atom is -0.387 e. The molecule has 0 aliphatic rings. The van der Waals surface area contributed by atoms with Gasteiger partial charge >= 0.3 is 0 Å². The predicted molar refractivity (Wildman–Crippen MR) is 82.8 cm³/mol. The van der Waals surface area contributed by atoms with Gasteiger partial charge in [-0.05, 0) is 39.7 Å². The first-order valence-corrected chi connectivity index (χ1v) is 7.99. The van der Waals surface area contributed by atoms with Crippen molar-refractivity contribution in [2.45, 2.75) is 12.6 Å². The molecule has 0 spiro atoms. The van der Waals surface area contributed by atoms with E-state index < -0.39 is 6.10 Å². The summed E-state index contributed by atoms with van der Waals surface area (Å²) in [6.45, 7) is 1.33. The SMILES string of the molecule is OC(CNCc1cc(Br)cs1)c1cccc(Br)c1. The molecule has 2 aromatic rings. The first-order valence-electron chi connectivity index (χ1n) is 5.52. The van der Waals surface area contributed by atoms with Crippen molar-refractivity contribution >= 4 is 43.2 Å². The van der Waals surface area contributed by atoms with Crippen molar-refractivity contribution in [3.05, 3.63) is 55.1 Å². The molecule has 1 heterocycles. The Morgan fingerprint density at radius 3 is 2.72 bits per heavy atom. The third-order valence-electron chi connectivity index (χ3n) is 2.49. The first kappa shape index (κ1) is 14.2. The molecule has 0 bridgehead atoms. The molecular formula is C13H13Br2NOS. The van der Waals surface area contributed by atoms with Crippen LogP contribution in [0, 0.1) is 0 Å². The molecule has 0 saturated heterocycles. The number of thiophene rings is 1. The standard InChI is InChI=1S/C13H13Br2NOS/c14-10-3-1-2-9(4-10)13(17)7-16-6-12-5-11(15)8-18-12/h1-5,8,13,16-17H,6-7H2. The number of aliphatic hydroxyl groups is 1. The van der Waals surface area contributed by atoms with E-state index in [4.69, 9.17) is 0 Å². The van der Waals surface area contributed by atoms with Gasteiger partial charge in [-0.1, -0.05) is 28.1 Å². The number of benzene rings is 1. The summed E-state index contributed by atoms with van der Waals surface area (Å²) in [4.78, 5) is 1.25. The zero-order valence-electron chi connectivity index (χ0n) is 9.57. The van der Waals surface area contributed by atoms with E-state index >= 15 is 0 Å². The highest BCUT2D eigenvalue weighted by molar-refractivity contribution is 9.10. The summed E-state index contributed by atoms with van der Waals surface area (Å²) in [7, 11) is 0. The molecule has 1 aromatic carbocycles. The molecule has 18 heavy (non-hydrogen) atoms. The molecule has 2 nitrogen and oxygen atoms in total. The number of nitrogens with one attached hydrogen (secondary N) is 1. The van der Waals surface area contributed by atoms with Crippen LogP contribution in [0.25, 0.3) is 0 Å². The Labute approximate surface area is 127 Å². The van der Waals surface area contributed by atoms with Gasteiger partial charge in [0.15, 0.2) is 0 Å². The first-order chi connectivity index (χ1) is 8.65. The van der Waals surface area contributed by atoms with Gasteiger partial charge in [0.2, 0.25) is 0 Å².